The summed E-state index contributed by atoms with van der Waals surface area (Å²) in [6.45, 7) is 9.04. The van der Waals surface area contributed by atoms with Gasteiger partial charge in [-0.3, -0.25) is 0 Å². The topological polar surface area (TPSA) is 26.0 Å². The van der Waals surface area contributed by atoms with Gasteiger partial charge < -0.3 is 5.73 Å². The normalized spacial score (nSPS) is 23.5. The van der Waals surface area contributed by atoms with Crippen LogP contribution in [0.5, 0.6) is 0 Å². The number of benzene rings is 1. The minimum atomic E-state index is -0.0498. The van der Waals surface area contributed by atoms with Gasteiger partial charge in [-0.15, -0.1) is 0 Å². The van der Waals surface area contributed by atoms with Crippen molar-refractivity contribution in [3.63, 3.8) is 0 Å². The first kappa shape index (κ1) is 13.2. The number of hydrogen-bond acceptors (Lipinski definition) is 1. The maximum atomic E-state index is 6.38. The highest BCUT2D eigenvalue weighted by Gasteiger charge is 2.66. The molecule has 0 aliphatic heterocycles. The molecule has 2 N–H and O–H groups in total. The summed E-state index contributed by atoms with van der Waals surface area (Å²) in [6, 6.07) is 5.45. The molecular formula is C14H19Cl2N. The van der Waals surface area contributed by atoms with Crippen molar-refractivity contribution in [3.05, 3.63) is 33.8 Å². The highest BCUT2D eigenvalue weighted by molar-refractivity contribution is 6.33. The fourth-order valence-electron chi connectivity index (χ4n) is 3.09. The van der Waals surface area contributed by atoms with Gasteiger partial charge in [0, 0.05) is 16.1 Å². The molecule has 0 heterocycles. The van der Waals surface area contributed by atoms with Crippen molar-refractivity contribution in [1.82, 2.24) is 0 Å². The van der Waals surface area contributed by atoms with E-state index in [9.17, 15) is 0 Å². The first-order valence-corrected chi connectivity index (χ1v) is 6.65. The van der Waals surface area contributed by atoms with E-state index in [1.807, 2.05) is 12.1 Å². The summed E-state index contributed by atoms with van der Waals surface area (Å²) in [7, 11) is 0. The second kappa shape index (κ2) is 3.88. The molecule has 1 aromatic carbocycles. The molecule has 3 heteroatoms. The summed E-state index contributed by atoms with van der Waals surface area (Å²) in [6.07, 6.45) is 0. The quantitative estimate of drug-likeness (QED) is 0.831. The molecule has 17 heavy (non-hydrogen) atoms. The van der Waals surface area contributed by atoms with Gasteiger partial charge in [-0.25, -0.2) is 0 Å². The summed E-state index contributed by atoms with van der Waals surface area (Å²) in [4.78, 5) is 0. The Hall–Kier alpha value is -0.240. The minimum absolute atomic E-state index is 0.0498. The van der Waals surface area contributed by atoms with Crippen molar-refractivity contribution in [2.75, 3.05) is 0 Å². The van der Waals surface area contributed by atoms with Crippen molar-refractivity contribution in [3.8, 4) is 0 Å². The first-order chi connectivity index (χ1) is 7.69. The van der Waals surface area contributed by atoms with Gasteiger partial charge in [0.1, 0.15) is 0 Å². The zero-order valence-corrected chi connectivity index (χ0v) is 12.2. The van der Waals surface area contributed by atoms with Gasteiger partial charge in [-0.05, 0) is 40.5 Å². The summed E-state index contributed by atoms with van der Waals surface area (Å²) >= 11 is 12.2. The van der Waals surface area contributed by atoms with Crippen LogP contribution in [0.2, 0.25) is 10.0 Å². The standard InChI is InChI=1S/C14H19Cl2N/c1-13(2)12(14(13,3)4)11(17)9-7-8(15)5-6-10(9)16/h5-7,11-12H,17H2,1-4H3. The molecule has 1 nitrogen and oxygen atoms in total. The molecule has 1 atom stereocenters. The molecule has 0 amide bonds. The lowest BCUT2D eigenvalue weighted by Gasteiger charge is -2.16. The molecule has 1 aromatic rings. The first-order valence-electron chi connectivity index (χ1n) is 5.90. The van der Waals surface area contributed by atoms with Gasteiger partial charge in [0.05, 0.1) is 0 Å². The van der Waals surface area contributed by atoms with Crippen molar-refractivity contribution in [2.24, 2.45) is 22.5 Å². The van der Waals surface area contributed by atoms with Gasteiger partial charge in [-0.2, -0.15) is 0 Å². The fraction of sp³-hybridized carbons (Fsp3) is 0.571. The molecule has 1 unspecified atom stereocenters. The molecule has 0 aromatic heterocycles. The van der Waals surface area contributed by atoms with Gasteiger partial charge in [0.2, 0.25) is 0 Å². The zero-order chi connectivity index (χ0) is 13.0. The number of hydrogen-bond donors (Lipinski definition) is 1. The lowest BCUT2D eigenvalue weighted by Crippen LogP contribution is -2.17. The third-order valence-electron chi connectivity index (χ3n) is 4.81. The van der Waals surface area contributed by atoms with Gasteiger partial charge in [0.25, 0.3) is 0 Å². The average molecular weight is 272 g/mol. The highest BCUT2D eigenvalue weighted by atomic mass is 35.5. The van der Waals surface area contributed by atoms with Crippen LogP contribution in [-0.4, -0.2) is 0 Å². The Kier molecular flexibility index (Phi) is 3.01. The van der Waals surface area contributed by atoms with Crippen molar-refractivity contribution in [1.29, 1.82) is 0 Å². The summed E-state index contributed by atoms with van der Waals surface area (Å²) in [5.74, 6) is 0.436. The predicted octanol–water partition coefficient (Wildman–Crippen LogP) is 4.68. The Labute approximate surface area is 113 Å². The van der Waals surface area contributed by atoms with Crippen LogP contribution in [0.15, 0.2) is 18.2 Å². The van der Waals surface area contributed by atoms with E-state index in [0.29, 0.717) is 16.0 Å². The number of halogens is 2. The number of rotatable bonds is 2. The monoisotopic (exact) mass is 271 g/mol. The lowest BCUT2D eigenvalue weighted by atomic mass is 9.97. The molecule has 94 valence electrons. The van der Waals surface area contributed by atoms with Crippen molar-refractivity contribution >= 4 is 23.2 Å². The number of nitrogens with two attached hydrogens (primary N) is 1. The Balaban J connectivity index is 2.34. The summed E-state index contributed by atoms with van der Waals surface area (Å²) in [5, 5.41) is 1.40. The van der Waals surface area contributed by atoms with Crippen LogP contribution < -0.4 is 5.73 Å². The summed E-state index contributed by atoms with van der Waals surface area (Å²) < 4.78 is 0. The molecule has 1 fully saturated rings. The second-order valence-corrected chi connectivity index (χ2v) is 6.96. The zero-order valence-electron chi connectivity index (χ0n) is 10.7. The maximum Gasteiger partial charge on any atom is 0.0454 e. The Bertz CT molecular complexity index is 438. The molecule has 1 aliphatic rings. The van der Waals surface area contributed by atoms with Crippen LogP contribution in [0, 0.1) is 16.7 Å². The van der Waals surface area contributed by atoms with E-state index in [1.165, 1.54) is 0 Å². The van der Waals surface area contributed by atoms with Crippen LogP contribution in [0.25, 0.3) is 0 Å². The third kappa shape index (κ3) is 1.89. The highest BCUT2D eigenvalue weighted by Crippen LogP contribution is 2.72. The molecule has 1 saturated carbocycles. The van der Waals surface area contributed by atoms with E-state index in [0.717, 1.165) is 5.56 Å². The largest absolute Gasteiger partial charge is 0.324 e. The Morgan fingerprint density at radius 2 is 1.65 bits per heavy atom. The van der Waals surface area contributed by atoms with Crippen molar-refractivity contribution in [2.45, 2.75) is 33.7 Å². The minimum Gasteiger partial charge on any atom is -0.324 e. The van der Waals surface area contributed by atoms with Crippen LogP contribution in [0.4, 0.5) is 0 Å². The molecule has 0 spiro atoms. The fourth-order valence-corrected chi connectivity index (χ4v) is 3.52. The van der Waals surface area contributed by atoms with Gasteiger partial charge >= 0.3 is 0 Å². The van der Waals surface area contributed by atoms with Crippen molar-refractivity contribution < 1.29 is 0 Å². The SMILES string of the molecule is CC1(C)C(C(N)c2cc(Cl)ccc2Cl)C1(C)C. The molecule has 1 aliphatic carbocycles. The maximum absolute atomic E-state index is 6.38. The van der Waals surface area contributed by atoms with E-state index in [2.05, 4.69) is 27.7 Å². The Morgan fingerprint density at radius 1 is 1.12 bits per heavy atom. The van der Waals surface area contributed by atoms with Crippen LogP contribution >= 0.6 is 23.2 Å². The Morgan fingerprint density at radius 3 is 2.12 bits per heavy atom. The molecular weight excluding hydrogens is 253 g/mol. The smallest absolute Gasteiger partial charge is 0.0454 e. The van der Waals surface area contributed by atoms with E-state index in [1.54, 1.807) is 6.07 Å². The molecule has 0 saturated heterocycles. The van der Waals surface area contributed by atoms with E-state index >= 15 is 0 Å². The molecule has 0 bridgehead atoms. The average Bonchev–Trinajstić information content (AvgIpc) is 2.61. The van der Waals surface area contributed by atoms with Crippen LogP contribution in [0.3, 0.4) is 0 Å². The van der Waals surface area contributed by atoms with Crippen LogP contribution in [0.1, 0.15) is 39.3 Å². The third-order valence-corrected chi connectivity index (χ3v) is 5.39. The second-order valence-electron chi connectivity index (χ2n) is 6.11. The van der Waals surface area contributed by atoms with Gasteiger partial charge in [0.15, 0.2) is 0 Å². The summed E-state index contributed by atoms with van der Waals surface area (Å²) in [5.41, 5.74) is 7.84. The molecule has 0 radical (unpaired) electrons. The predicted molar refractivity (Wildman–Crippen MR) is 74.4 cm³/mol. The van der Waals surface area contributed by atoms with Gasteiger partial charge in [-0.1, -0.05) is 50.9 Å². The lowest BCUT2D eigenvalue weighted by molar-refractivity contribution is 0.457. The van der Waals surface area contributed by atoms with E-state index < -0.39 is 0 Å². The van der Waals surface area contributed by atoms with Crippen LogP contribution in [-0.2, 0) is 0 Å². The van der Waals surface area contributed by atoms with E-state index in [4.69, 9.17) is 28.9 Å². The van der Waals surface area contributed by atoms with E-state index in [-0.39, 0.29) is 16.9 Å². The molecule has 2 rings (SSSR count).